The van der Waals surface area contributed by atoms with Crippen LogP contribution in [0.25, 0.3) is 10.8 Å². The van der Waals surface area contributed by atoms with Crippen molar-refractivity contribution in [3.05, 3.63) is 51.6 Å². The second kappa shape index (κ2) is 4.37. The Hall–Kier alpha value is -2.96. The van der Waals surface area contributed by atoms with Gasteiger partial charge in [0.1, 0.15) is 5.56 Å². The van der Waals surface area contributed by atoms with E-state index in [0.717, 1.165) is 6.07 Å². The minimum atomic E-state index is -1.41. The van der Waals surface area contributed by atoms with Gasteiger partial charge in [-0.1, -0.05) is 6.07 Å². The van der Waals surface area contributed by atoms with Gasteiger partial charge in [0.05, 0.1) is 15.9 Å². The fourth-order valence-corrected chi connectivity index (χ4v) is 1.82. The number of nitrogens with zero attached hydrogens (tertiary/aromatic N) is 1. The van der Waals surface area contributed by atoms with Gasteiger partial charge < -0.3 is 10.2 Å². The van der Waals surface area contributed by atoms with Crippen LogP contribution in [-0.4, -0.2) is 27.1 Å². The molecule has 0 aliphatic carbocycles. The Balaban J connectivity index is 2.83. The van der Waals surface area contributed by atoms with Crippen molar-refractivity contribution in [2.75, 3.05) is 0 Å². The van der Waals surface area contributed by atoms with Crippen LogP contribution < -0.4 is 0 Å². The monoisotopic (exact) mass is 261 g/mol. The first-order valence-electron chi connectivity index (χ1n) is 5.09. The average molecular weight is 261 g/mol. The van der Waals surface area contributed by atoms with E-state index >= 15 is 0 Å². The van der Waals surface area contributed by atoms with E-state index in [9.17, 15) is 19.7 Å². The standard InChI is InChI=1S/C12H7NO6/c14-11(15)7-2-3-8-6(5-7)1-4-9(12(16)17)10(8)13(18)19/h1-5H,(H,14,15)(H,16,17). The van der Waals surface area contributed by atoms with Crippen molar-refractivity contribution < 1.29 is 24.7 Å². The molecule has 0 heterocycles. The molecule has 0 atom stereocenters. The lowest BCUT2D eigenvalue weighted by atomic mass is 10.0. The van der Waals surface area contributed by atoms with Gasteiger partial charge in [-0.15, -0.1) is 0 Å². The summed E-state index contributed by atoms with van der Waals surface area (Å²) in [6, 6.07) is 6.13. The number of carboxylic acids is 2. The maximum atomic E-state index is 11.0. The largest absolute Gasteiger partial charge is 0.478 e. The second-order valence-electron chi connectivity index (χ2n) is 3.77. The SMILES string of the molecule is O=C(O)c1ccc2c([N+](=O)[O-])c(C(=O)O)ccc2c1. The highest BCUT2D eigenvalue weighted by Crippen LogP contribution is 2.30. The molecule has 0 bridgehead atoms. The van der Waals surface area contributed by atoms with Crippen LogP contribution >= 0.6 is 0 Å². The van der Waals surface area contributed by atoms with Crippen molar-refractivity contribution in [2.24, 2.45) is 0 Å². The number of fused-ring (bicyclic) bond motifs is 1. The third-order valence-electron chi connectivity index (χ3n) is 2.65. The zero-order valence-corrected chi connectivity index (χ0v) is 9.36. The first kappa shape index (κ1) is 12.5. The van der Waals surface area contributed by atoms with E-state index in [1.165, 1.54) is 24.3 Å². The molecule has 7 heteroatoms. The summed E-state index contributed by atoms with van der Waals surface area (Å²) in [6.45, 7) is 0. The fraction of sp³-hybridized carbons (Fsp3) is 0. The Bertz CT molecular complexity index is 721. The van der Waals surface area contributed by atoms with Gasteiger partial charge in [-0.2, -0.15) is 0 Å². The summed E-state index contributed by atoms with van der Waals surface area (Å²) in [7, 11) is 0. The van der Waals surface area contributed by atoms with Crippen LogP contribution in [-0.2, 0) is 0 Å². The lowest BCUT2D eigenvalue weighted by Crippen LogP contribution is -2.03. The van der Waals surface area contributed by atoms with Gasteiger partial charge in [-0.05, 0) is 29.7 Å². The fourth-order valence-electron chi connectivity index (χ4n) is 1.82. The highest BCUT2D eigenvalue weighted by atomic mass is 16.6. The summed E-state index contributed by atoms with van der Waals surface area (Å²) >= 11 is 0. The molecule has 0 amide bonds. The number of rotatable bonds is 3. The third kappa shape index (κ3) is 2.08. The van der Waals surface area contributed by atoms with Crippen LogP contribution in [0.1, 0.15) is 20.7 Å². The maximum Gasteiger partial charge on any atom is 0.342 e. The van der Waals surface area contributed by atoms with Crippen LogP contribution in [0.15, 0.2) is 30.3 Å². The van der Waals surface area contributed by atoms with Crippen molar-refractivity contribution in [3.63, 3.8) is 0 Å². The van der Waals surface area contributed by atoms with E-state index in [0.29, 0.717) is 5.39 Å². The molecule has 0 aliphatic heterocycles. The molecule has 0 aliphatic rings. The van der Waals surface area contributed by atoms with Crippen LogP contribution in [0.4, 0.5) is 5.69 Å². The zero-order valence-electron chi connectivity index (χ0n) is 9.36. The van der Waals surface area contributed by atoms with Gasteiger partial charge in [0.15, 0.2) is 0 Å². The minimum absolute atomic E-state index is 0.0233. The van der Waals surface area contributed by atoms with Crippen LogP contribution in [0.3, 0.4) is 0 Å². The topological polar surface area (TPSA) is 118 Å². The van der Waals surface area contributed by atoms with Crippen molar-refractivity contribution in [1.29, 1.82) is 0 Å². The van der Waals surface area contributed by atoms with Gasteiger partial charge in [-0.3, -0.25) is 10.1 Å². The normalized spacial score (nSPS) is 10.3. The van der Waals surface area contributed by atoms with E-state index in [-0.39, 0.29) is 10.9 Å². The van der Waals surface area contributed by atoms with E-state index in [4.69, 9.17) is 10.2 Å². The molecule has 0 radical (unpaired) electrons. The number of aromatic carboxylic acids is 2. The first-order valence-corrected chi connectivity index (χ1v) is 5.09. The summed E-state index contributed by atoms with van der Waals surface area (Å²) in [5, 5.41) is 29.1. The summed E-state index contributed by atoms with van der Waals surface area (Å²) in [4.78, 5) is 32.0. The summed E-state index contributed by atoms with van der Waals surface area (Å²) in [5.74, 6) is -2.57. The van der Waals surface area contributed by atoms with E-state index in [1.54, 1.807) is 0 Å². The number of carbonyl (C=O) groups is 2. The number of benzene rings is 2. The van der Waals surface area contributed by atoms with Crippen LogP contribution in [0, 0.1) is 10.1 Å². The quantitative estimate of drug-likeness (QED) is 0.645. The van der Waals surface area contributed by atoms with Gasteiger partial charge in [0, 0.05) is 0 Å². The first-order chi connectivity index (χ1) is 8.91. The lowest BCUT2D eigenvalue weighted by molar-refractivity contribution is -0.383. The molecular formula is C12H7NO6. The van der Waals surface area contributed by atoms with E-state index < -0.39 is 28.1 Å². The molecule has 0 aromatic heterocycles. The van der Waals surface area contributed by atoms with Crippen molar-refractivity contribution >= 4 is 28.4 Å². The van der Waals surface area contributed by atoms with Crippen LogP contribution in [0.2, 0.25) is 0 Å². The summed E-state index contributed by atoms with van der Waals surface area (Å²) in [5.41, 5.74) is -0.993. The molecule has 0 fully saturated rings. The second-order valence-corrected chi connectivity index (χ2v) is 3.77. The Morgan fingerprint density at radius 1 is 1.05 bits per heavy atom. The molecule has 2 aromatic carbocycles. The number of nitro groups is 1. The summed E-state index contributed by atoms with van der Waals surface area (Å²) in [6.07, 6.45) is 0. The molecule has 0 unspecified atom stereocenters. The molecule has 2 rings (SSSR count). The Labute approximate surface area is 105 Å². The van der Waals surface area contributed by atoms with E-state index in [1.807, 2.05) is 0 Å². The molecule has 0 saturated carbocycles. The molecule has 96 valence electrons. The number of carboxylic acid groups (broad SMARTS) is 2. The third-order valence-corrected chi connectivity index (χ3v) is 2.65. The Kier molecular flexibility index (Phi) is 2.88. The number of nitro benzene ring substituents is 1. The minimum Gasteiger partial charge on any atom is -0.478 e. The molecule has 0 spiro atoms. The predicted molar refractivity (Wildman–Crippen MR) is 64.5 cm³/mol. The molecule has 2 N–H and O–H groups in total. The van der Waals surface area contributed by atoms with Crippen molar-refractivity contribution in [2.45, 2.75) is 0 Å². The van der Waals surface area contributed by atoms with E-state index in [2.05, 4.69) is 0 Å². The number of hydrogen-bond acceptors (Lipinski definition) is 4. The Morgan fingerprint density at radius 3 is 2.26 bits per heavy atom. The van der Waals surface area contributed by atoms with Gasteiger partial charge in [0.2, 0.25) is 0 Å². The zero-order chi connectivity index (χ0) is 14.2. The average Bonchev–Trinajstić information content (AvgIpc) is 2.35. The number of hydrogen-bond donors (Lipinski definition) is 2. The molecule has 2 aromatic rings. The molecule has 7 nitrogen and oxygen atoms in total. The highest BCUT2D eigenvalue weighted by Gasteiger charge is 2.23. The lowest BCUT2D eigenvalue weighted by Gasteiger charge is -2.04. The highest BCUT2D eigenvalue weighted by molar-refractivity contribution is 6.04. The van der Waals surface area contributed by atoms with Crippen molar-refractivity contribution in [3.8, 4) is 0 Å². The van der Waals surface area contributed by atoms with Crippen LogP contribution in [0.5, 0.6) is 0 Å². The van der Waals surface area contributed by atoms with Gasteiger partial charge >= 0.3 is 11.9 Å². The Morgan fingerprint density at radius 2 is 1.74 bits per heavy atom. The molecular weight excluding hydrogens is 254 g/mol. The molecule has 0 saturated heterocycles. The maximum absolute atomic E-state index is 11.0. The predicted octanol–water partition coefficient (Wildman–Crippen LogP) is 2.14. The molecule has 19 heavy (non-hydrogen) atoms. The van der Waals surface area contributed by atoms with Gasteiger partial charge in [0.25, 0.3) is 5.69 Å². The van der Waals surface area contributed by atoms with Crippen molar-refractivity contribution in [1.82, 2.24) is 0 Å². The summed E-state index contributed by atoms with van der Waals surface area (Å²) < 4.78 is 0. The smallest absolute Gasteiger partial charge is 0.342 e. The van der Waals surface area contributed by atoms with Gasteiger partial charge in [-0.25, -0.2) is 9.59 Å².